The standard InChI is InChI=1S/C21H39NO2/c1-3-4-5-6-7-8-9-10-13-24-21(23)20-15-19-14-17(2)11-12-18(19)16-22-20/h17-20,22H,3-16H2,1-2H3/t17-,18-,19+,20-/m0/s1. The van der Waals surface area contributed by atoms with Crippen LogP contribution >= 0.6 is 0 Å². The Morgan fingerprint density at radius 3 is 2.42 bits per heavy atom. The highest BCUT2D eigenvalue weighted by atomic mass is 16.5. The zero-order valence-electron chi connectivity index (χ0n) is 16.0. The van der Waals surface area contributed by atoms with Crippen LogP contribution in [0.4, 0.5) is 0 Å². The third kappa shape index (κ3) is 6.74. The van der Waals surface area contributed by atoms with Crippen molar-refractivity contribution in [3.63, 3.8) is 0 Å². The van der Waals surface area contributed by atoms with Crippen LogP contribution in [0.15, 0.2) is 0 Å². The summed E-state index contributed by atoms with van der Waals surface area (Å²) in [6, 6.07) is -0.0504. The second-order valence-corrected chi connectivity index (χ2v) is 8.28. The van der Waals surface area contributed by atoms with Gasteiger partial charge in [0, 0.05) is 0 Å². The van der Waals surface area contributed by atoms with E-state index in [-0.39, 0.29) is 12.0 Å². The molecule has 140 valence electrons. The van der Waals surface area contributed by atoms with E-state index in [4.69, 9.17) is 4.74 Å². The van der Waals surface area contributed by atoms with Gasteiger partial charge in [-0.25, -0.2) is 0 Å². The van der Waals surface area contributed by atoms with Crippen molar-refractivity contribution in [3.8, 4) is 0 Å². The summed E-state index contributed by atoms with van der Waals surface area (Å²) in [6.07, 6.45) is 15.2. The molecule has 0 unspecified atom stereocenters. The number of rotatable bonds is 10. The van der Waals surface area contributed by atoms with Crippen molar-refractivity contribution in [2.75, 3.05) is 13.2 Å². The molecule has 1 aliphatic carbocycles. The molecule has 0 spiro atoms. The van der Waals surface area contributed by atoms with E-state index in [0.717, 1.165) is 37.1 Å². The van der Waals surface area contributed by atoms with Crippen LogP contribution in [0, 0.1) is 17.8 Å². The zero-order valence-corrected chi connectivity index (χ0v) is 16.0. The first kappa shape index (κ1) is 19.8. The maximum Gasteiger partial charge on any atom is 0.323 e. The summed E-state index contributed by atoms with van der Waals surface area (Å²) in [4.78, 5) is 12.3. The molecule has 0 aromatic rings. The Morgan fingerprint density at radius 1 is 0.958 bits per heavy atom. The fourth-order valence-corrected chi connectivity index (χ4v) is 4.49. The van der Waals surface area contributed by atoms with Gasteiger partial charge in [0.1, 0.15) is 6.04 Å². The summed E-state index contributed by atoms with van der Waals surface area (Å²) in [5, 5.41) is 3.44. The molecule has 0 aromatic heterocycles. The third-order valence-corrected chi connectivity index (χ3v) is 6.09. The molecule has 0 aromatic carbocycles. The van der Waals surface area contributed by atoms with Crippen molar-refractivity contribution in [3.05, 3.63) is 0 Å². The van der Waals surface area contributed by atoms with Gasteiger partial charge in [0.15, 0.2) is 0 Å². The van der Waals surface area contributed by atoms with E-state index in [9.17, 15) is 4.79 Å². The Morgan fingerprint density at radius 2 is 1.67 bits per heavy atom. The van der Waals surface area contributed by atoms with Crippen molar-refractivity contribution in [2.24, 2.45) is 17.8 Å². The van der Waals surface area contributed by atoms with E-state index in [0.29, 0.717) is 6.61 Å². The maximum atomic E-state index is 12.3. The molecule has 24 heavy (non-hydrogen) atoms. The number of unbranched alkanes of at least 4 members (excludes halogenated alkanes) is 7. The molecule has 3 heteroatoms. The second-order valence-electron chi connectivity index (χ2n) is 8.28. The highest BCUT2D eigenvalue weighted by Crippen LogP contribution is 2.38. The highest BCUT2D eigenvalue weighted by molar-refractivity contribution is 5.75. The summed E-state index contributed by atoms with van der Waals surface area (Å²) in [5.74, 6) is 2.35. The Balaban J connectivity index is 1.52. The van der Waals surface area contributed by atoms with Gasteiger partial charge in [-0.2, -0.15) is 0 Å². The van der Waals surface area contributed by atoms with Crippen molar-refractivity contribution in [1.29, 1.82) is 0 Å². The molecule has 1 saturated carbocycles. The predicted molar refractivity (Wildman–Crippen MR) is 100.0 cm³/mol. The monoisotopic (exact) mass is 337 g/mol. The number of nitrogens with one attached hydrogen (secondary N) is 1. The lowest BCUT2D eigenvalue weighted by molar-refractivity contribution is -0.148. The summed E-state index contributed by atoms with van der Waals surface area (Å²) in [5.41, 5.74) is 0. The highest BCUT2D eigenvalue weighted by Gasteiger charge is 2.37. The molecular weight excluding hydrogens is 298 g/mol. The average molecular weight is 338 g/mol. The molecule has 2 fully saturated rings. The molecule has 4 atom stereocenters. The first-order chi connectivity index (χ1) is 11.7. The number of piperidine rings is 1. The molecular formula is C21H39NO2. The first-order valence-corrected chi connectivity index (χ1v) is 10.6. The lowest BCUT2D eigenvalue weighted by Crippen LogP contribution is -2.50. The quantitative estimate of drug-likeness (QED) is 0.446. The van der Waals surface area contributed by atoms with Gasteiger partial charge < -0.3 is 10.1 Å². The molecule has 1 aliphatic heterocycles. The average Bonchev–Trinajstić information content (AvgIpc) is 2.59. The molecule has 1 heterocycles. The normalized spacial score (nSPS) is 29.9. The smallest absolute Gasteiger partial charge is 0.323 e. The van der Waals surface area contributed by atoms with Crippen LogP contribution in [-0.4, -0.2) is 25.2 Å². The van der Waals surface area contributed by atoms with E-state index < -0.39 is 0 Å². The van der Waals surface area contributed by atoms with Crippen molar-refractivity contribution in [1.82, 2.24) is 5.32 Å². The molecule has 2 aliphatic rings. The molecule has 0 bridgehead atoms. The molecule has 2 rings (SSSR count). The van der Waals surface area contributed by atoms with Gasteiger partial charge in [-0.3, -0.25) is 4.79 Å². The van der Waals surface area contributed by atoms with Crippen LogP contribution in [0.25, 0.3) is 0 Å². The number of esters is 1. The van der Waals surface area contributed by atoms with Crippen molar-refractivity contribution in [2.45, 2.75) is 96.9 Å². The van der Waals surface area contributed by atoms with Gasteiger partial charge in [-0.1, -0.05) is 65.2 Å². The summed E-state index contributed by atoms with van der Waals surface area (Å²) in [6.45, 7) is 6.23. The number of carbonyl (C=O) groups excluding carboxylic acids is 1. The van der Waals surface area contributed by atoms with Crippen molar-refractivity contribution < 1.29 is 9.53 Å². The number of ether oxygens (including phenoxy) is 1. The molecule has 1 saturated heterocycles. The topological polar surface area (TPSA) is 38.3 Å². The number of hydrogen-bond donors (Lipinski definition) is 1. The van der Waals surface area contributed by atoms with E-state index in [2.05, 4.69) is 19.2 Å². The van der Waals surface area contributed by atoms with Gasteiger partial charge in [-0.15, -0.1) is 0 Å². The lowest BCUT2D eigenvalue weighted by atomic mass is 9.70. The van der Waals surface area contributed by atoms with Gasteiger partial charge in [0.25, 0.3) is 0 Å². The minimum absolute atomic E-state index is 0.00498. The summed E-state index contributed by atoms with van der Waals surface area (Å²) in [7, 11) is 0. The second kappa shape index (κ2) is 11.1. The molecule has 0 radical (unpaired) electrons. The number of hydrogen-bond acceptors (Lipinski definition) is 3. The third-order valence-electron chi connectivity index (χ3n) is 6.09. The predicted octanol–water partition coefficient (Wildman–Crippen LogP) is 5.08. The van der Waals surface area contributed by atoms with Crippen LogP contribution in [-0.2, 0) is 9.53 Å². The van der Waals surface area contributed by atoms with Crippen LogP contribution in [0.1, 0.15) is 90.9 Å². The minimum atomic E-state index is -0.0504. The van der Waals surface area contributed by atoms with Gasteiger partial charge in [0.2, 0.25) is 0 Å². The molecule has 1 N–H and O–H groups in total. The largest absolute Gasteiger partial charge is 0.465 e. The first-order valence-electron chi connectivity index (χ1n) is 10.6. The summed E-state index contributed by atoms with van der Waals surface area (Å²) >= 11 is 0. The Bertz CT molecular complexity index is 358. The van der Waals surface area contributed by atoms with Crippen LogP contribution in [0.2, 0.25) is 0 Å². The van der Waals surface area contributed by atoms with Gasteiger partial charge >= 0.3 is 5.97 Å². The Hall–Kier alpha value is -0.570. The van der Waals surface area contributed by atoms with Crippen LogP contribution < -0.4 is 5.32 Å². The fourth-order valence-electron chi connectivity index (χ4n) is 4.49. The molecule has 0 amide bonds. The lowest BCUT2D eigenvalue weighted by Gasteiger charge is -2.41. The van der Waals surface area contributed by atoms with Gasteiger partial charge in [0.05, 0.1) is 6.61 Å². The minimum Gasteiger partial charge on any atom is -0.465 e. The molecule has 3 nitrogen and oxygen atoms in total. The number of carbonyl (C=O) groups is 1. The van der Waals surface area contributed by atoms with E-state index in [1.807, 2.05) is 0 Å². The van der Waals surface area contributed by atoms with E-state index >= 15 is 0 Å². The SMILES string of the molecule is CCCCCCCCCCOC(=O)[C@@H]1C[C@H]2C[C@@H](C)CC[C@H]2CN1. The Kier molecular flexibility index (Phi) is 9.15. The van der Waals surface area contributed by atoms with Gasteiger partial charge in [-0.05, 0) is 50.0 Å². The van der Waals surface area contributed by atoms with Crippen LogP contribution in [0.5, 0.6) is 0 Å². The van der Waals surface area contributed by atoms with E-state index in [1.165, 1.54) is 64.2 Å². The zero-order chi connectivity index (χ0) is 17.2. The maximum absolute atomic E-state index is 12.3. The van der Waals surface area contributed by atoms with Crippen LogP contribution in [0.3, 0.4) is 0 Å². The van der Waals surface area contributed by atoms with Crippen molar-refractivity contribution >= 4 is 5.97 Å². The Labute approximate surface area is 149 Å². The summed E-state index contributed by atoms with van der Waals surface area (Å²) < 4.78 is 5.53. The number of fused-ring (bicyclic) bond motifs is 1. The van der Waals surface area contributed by atoms with E-state index in [1.54, 1.807) is 0 Å². The fraction of sp³-hybridized carbons (Fsp3) is 0.952.